The maximum atomic E-state index is 5.90. The third-order valence-electron chi connectivity index (χ3n) is 2.24. The third kappa shape index (κ3) is 3.80. The number of halogens is 1. The molecular formula is C12H13ClN2OS2. The maximum absolute atomic E-state index is 5.90. The molecule has 1 aromatic heterocycles. The number of nitrogens with zero attached hydrogens (tertiary/aromatic N) is 2. The fraction of sp³-hybridized carbons (Fsp3) is 0.333. The molecule has 0 N–H and O–H groups in total. The van der Waals surface area contributed by atoms with Crippen molar-refractivity contribution in [3.05, 3.63) is 34.1 Å². The second-order valence-corrected chi connectivity index (χ2v) is 5.84. The van der Waals surface area contributed by atoms with E-state index in [4.69, 9.17) is 16.3 Å². The molecule has 2 aromatic rings. The van der Waals surface area contributed by atoms with Gasteiger partial charge in [-0.1, -0.05) is 24.9 Å². The van der Waals surface area contributed by atoms with Crippen LogP contribution < -0.4 is 9.41 Å². The summed E-state index contributed by atoms with van der Waals surface area (Å²) >= 11 is 5.90. The monoisotopic (exact) mass is 300 g/mol. The van der Waals surface area contributed by atoms with E-state index in [-0.39, 0.29) is 0 Å². The average molecular weight is 301 g/mol. The third-order valence-corrected chi connectivity index (χ3v) is 4.41. The van der Waals surface area contributed by atoms with Gasteiger partial charge in [0, 0.05) is 10.5 Å². The smallest absolute Gasteiger partial charge is 0.179 e. The quantitative estimate of drug-likeness (QED) is 0.610. The summed E-state index contributed by atoms with van der Waals surface area (Å²) in [5.41, 5.74) is 0.858. The summed E-state index contributed by atoms with van der Waals surface area (Å²) in [5, 5.41) is 0.466. The minimum atomic E-state index is 0.466. The first kappa shape index (κ1) is 13.5. The van der Waals surface area contributed by atoms with E-state index >= 15 is 0 Å². The second kappa shape index (κ2) is 6.87. The van der Waals surface area contributed by atoms with Gasteiger partial charge in [0.15, 0.2) is 9.82 Å². The topological polar surface area (TPSA) is 34.5 Å². The molecule has 0 aliphatic rings. The molecule has 0 bridgehead atoms. The molecule has 0 saturated carbocycles. The minimum Gasteiger partial charge on any atom is -0.494 e. The summed E-state index contributed by atoms with van der Waals surface area (Å²) in [7, 11) is 2.81. The minimum absolute atomic E-state index is 0.466. The predicted octanol–water partition coefficient (Wildman–Crippen LogP) is 4.27. The number of hydrogen-bond acceptors (Lipinski definition) is 5. The zero-order chi connectivity index (χ0) is 12.8. The summed E-state index contributed by atoms with van der Waals surface area (Å²) in [5.74, 6) is 0.876. The first-order valence-electron chi connectivity index (χ1n) is 5.68. The van der Waals surface area contributed by atoms with Crippen LogP contribution in [0.5, 0.6) is 5.75 Å². The normalized spacial score (nSPS) is 11.8. The van der Waals surface area contributed by atoms with Gasteiger partial charge in [-0.05, 0) is 41.0 Å². The van der Waals surface area contributed by atoms with Crippen molar-refractivity contribution < 1.29 is 4.74 Å². The Hall–Kier alpha value is -0.910. The molecule has 3 nitrogen and oxygen atoms in total. The Bertz CT molecular complexity index is 548. The van der Waals surface area contributed by atoms with Crippen LogP contribution in [0.15, 0.2) is 29.3 Å². The molecule has 1 aromatic carbocycles. The Morgan fingerprint density at radius 2 is 2.11 bits per heavy atom. The van der Waals surface area contributed by atoms with Crippen LogP contribution in [0.3, 0.4) is 0 Å². The number of benzene rings is 1. The number of ether oxygens (including phenoxy) is 1. The zero-order valence-electron chi connectivity index (χ0n) is 9.93. The lowest BCUT2D eigenvalue weighted by atomic mass is 10.3. The average Bonchev–Trinajstić information content (AvgIpc) is 2.78. The Balaban J connectivity index is 2.06. The van der Waals surface area contributed by atoms with E-state index in [9.17, 15) is 0 Å². The van der Waals surface area contributed by atoms with Gasteiger partial charge < -0.3 is 4.74 Å². The first-order valence-corrected chi connectivity index (χ1v) is 8.17. The van der Waals surface area contributed by atoms with E-state index in [1.54, 1.807) is 0 Å². The molecule has 0 spiro atoms. The molecule has 96 valence electrons. The summed E-state index contributed by atoms with van der Waals surface area (Å²) in [6, 6.07) is 7.68. The van der Waals surface area contributed by atoms with Gasteiger partial charge in [0.25, 0.3) is 0 Å². The van der Waals surface area contributed by atoms with Crippen LogP contribution in [-0.4, -0.2) is 11.0 Å². The highest BCUT2D eigenvalue weighted by atomic mass is 35.5. The second-order valence-electron chi connectivity index (χ2n) is 3.65. The largest absolute Gasteiger partial charge is 0.494 e. The number of rotatable bonds is 5. The molecule has 2 rings (SSSR count). The fourth-order valence-corrected chi connectivity index (χ4v) is 3.29. The van der Waals surface area contributed by atoms with Crippen molar-refractivity contribution in [1.82, 2.24) is 4.37 Å². The number of hydrogen-bond donors (Lipinski definition) is 0. The van der Waals surface area contributed by atoms with E-state index in [1.165, 1.54) is 20.9 Å². The van der Waals surface area contributed by atoms with E-state index in [1.807, 2.05) is 24.3 Å². The van der Waals surface area contributed by atoms with Crippen molar-refractivity contribution >= 4 is 38.2 Å². The molecule has 0 aliphatic heterocycles. The summed E-state index contributed by atoms with van der Waals surface area (Å²) in [6.45, 7) is 2.90. The first-order chi connectivity index (χ1) is 8.79. The van der Waals surface area contributed by atoms with Gasteiger partial charge in [0.2, 0.25) is 0 Å². The summed E-state index contributed by atoms with van der Waals surface area (Å²) in [6.07, 6.45) is 2.21. The van der Waals surface area contributed by atoms with Gasteiger partial charge in [-0.15, -0.1) is 0 Å². The van der Waals surface area contributed by atoms with Gasteiger partial charge in [-0.2, -0.15) is 4.37 Å². The van der Waals surface area contributed by atoms with Gasteiger partial charge in [-0.3, -0.25) is 0 Å². The van der Waals surface area contributed by atoms with E-state index in [0.717, 1.165) is 35.6 Å². The molecule has 18 heavy (non-hydrogen) atoms. The zero-order valence-corrected chi connectivity index (χ0v) is 12.3. The van der Waals surface area contributed by atoms with Crippen molar-refractivity contribution in [2.24, 2.45) is 4.99 Å². The van der Waals surface area contributed by atoms with Crippen LogP contribution in [-0.2, 0) is 0 Å². The molecule has 1 heterocycles. The molecule has 0 aliphatic carbocycles. The van der Waals surface area contributed by atoms with Crippen LogP contribution in [0, 0.1) is 0 Å². The van der Waals surface area contributed by atoms with Crippen LogP contribution in [0.2, 0.25) is 5.15 Å². The Labute approximate surface area is 118 Å². The Morgan fingerprint density at radius 3 is 2.72 bits per heavy atom. The Kier molecular flexibility index (Phi) is 5.16. The highest BCUT2D eigenvalue weighted by Crippen LogP contribution is 2.18. The van der Waals surface area contributed by atoms with Crippen LogP contribution in [0.1, 0.15) is 19.8 Å². The van der Waals surface area contributed by atoms with Crippen LogP contribution in [0.4, 0.5) is 5.69 Å². The van der Waals surface area contributed by atoms with Crippen molar-refractivity contribution in [3.8, 4) is 5.75 Å². The van der Waals surface area contributed by atoms with E-state index in [2.05, 4.69) is 16.3 Å². The number of aromatic nitrogens is 1. The van der Waals surface area contributed by atoms with Crippen LogP contribution in [0.25, 0.3) is 0 Å². The van der Waals surface area contributed by atoms with Gasteiger partial charge in [0.1, 0.15) is 5.75 Å². The van der Waals surface area contributed by atoms with E-state index < -0.39 is 0 Å². The lowest BCUT2D eigenvalue weighted by molar-refractivity contribution is 0.309. The number of unbranched alkanes of at least 4 members (excludes halogenated alkanes) is 1. The molecule has 0 fully saturated rings. The van der Waals surface area contributed by atoms with Crippen molar-refractivity contribution in [3.63, 3.8) is 0 Å². The van der Waals surface area contributed by atoms with Crippen molar-refractivity contribution in [2.45, 2.75) is 19.8 Å². The van der Waals surface area contributed by atoms with Crippen LogP contribution >= 0.6 is 32.5 Å². The van der Waals surface area contributed by atoms with Crippen molar-refractivity contribution in [2.75, 3.05) is 6.61 Å². The highest BCUT2D eigenvalue weighted by molar-refractivity contribution is 7.66. The fourth-order valence-electron chi connectivity index (χ4n) is 1.29. The maximum Gasteiger partial charge on any atom is 0.179 e. The van der Waals surface area contributed by atoms with Gasteiger partial charge in [0.05, 0.1) is 12.3 Å². The molecule has 0 radical (unpaired) electrons. The lowest BCUT2D eigenvalue weighted by Gasteiger charge is -2.04. The molecular weight excluding hydrogens is 288 g/mol. The molecule has 6 heteroatoms. The van der Waals surface area contributed by atoms with E-state index in [0.29, 0.717) is 5.15 Å². The molecule has 0 unspecified atom stereocenters. The molecule has 0 atom stereocenters. The summed E-state index contributed by atoms with van der Waals surface area (Å²) < 4.78 is 10.3. The molecule has 0 amide bonds. The molecule has 0 saturated heterocycles. The Morgan fingerprint density at radius 1 is 1.33 bits per heavy atom. The lowest BCUT2D eigenvalue weighted by Crippen LogP contribution is -1.96. The van der Waals surface area contributed by atoms with Gasteiger partial charge in [-0.25, -0.2) is 4.99 Å². The standard InChI is InChI=1S/C12H13ClN2OS2/c1-2-3-8-16-10-6-4-9(5-7-10)14-12-11(13)15-18-17-12/h4-7H,2-3,8H2,1H3. The predicted molar refractivity (Wildman–Crippen MR) is 77.1 cm³/mol. The van der Waals surface area contributed by atoms with Crippen molar-refractivity contribution in [1.29, 1.82) is 0 Å². The van der Waals surface area contributed by atoms with Gasteiger partial charge >= 0.3 is 0 Å². The SMILES string of the molecule is CCCCOc1ccc(N=c2ssnc2Cl)cc1. The summed E-state index contributed by atoms with van der Waals surface area (Å²) in [4.78, 5) is 4.42. The highest BCUT2D eigenvalue weighted by Gasteiger charge is 1.98.